The van der Waals surface area contributed by atoms with Gasteiger partial charge in [-0.1, -0.05) is 38.1 Å². The lowest BCUT2D eigenvalue weighted by atomic mass is 10.1. The van der Waals surface area contributed by atoms with E-state index in [2.05, 4.69) is 10.0 Å². The Kier molecular flexibility index (Phi) is 6.33. The molecule has 0 aliphatic heterocycles. The van der Waals surface area contributed by atoms with Gasteiger partial charge in [-0.2, -0.15) is 0 Å². The molecule has 0 fully saturated rings. The van der Waals surface area contributed by atoms with Crippen LogP contribution in [-0.4, -0.2) is 20.9 Å². The summed E-state index contributed by atoms with van der Waals surface area (Å²) in [5, 5.41) is 2.81. The van der Waals surface area contributed by atoms with E-state index in [-0.39, 0.29) is 10.8 Å². The van der Waals surface area contributed by atoms with Gasteiger partial charge in [0.05, 0.1) is 4.90 Å². The zero-order valence-corrected chi connectivity index (χ0v) is 15.6. The Balaban J connectivity index is 2.15. The summed E-state index contributed by atoms with van der Waals surface area (Å²) in [7, 11) is -3.62. The van der Waals surface area contributed by atoms with Crippen molar-refractivity contribution in [2.75, 3.05) is 11.9 Å². The number of para-hydroxylation sites is 1. The standard InChI is InChI=1S/C19H24N2O3S/c1-14(2)11-12-20-25(23,24)17-9-6-8-16(13-17)19(22)21-18-10-5-4-7-15(18)3/h4-10,13-14,20H,11-12H2,1-3H3,(H,21,22). The fraction of sp³-hybridized carbons (Fsp3) is 0.316. The van der Waals surface area contributed by atoms with Crippen molar-refractivity contribution in [3.8, 4) is 0 Å². The molecule has 2 N–H and O–H groups in total. The second kappa shape index (κ2) is 8.27. The van der Waals surface area contributed by atoms with Crippen LogP contribution in [-0.2, 0) is 10.0 Å². The molecular weight excluding hydrogens is 336 g/mol. The molecule has 1 amide bonds. The molecule has 6 heteroatoms. The highest BCUT2D eigenvalue weighted by atomic mass is 32.2. The molecule has 0 aliphatic carbocycles. The van der Waals surface area contributed by atoms with E-state index in [1.165, 1.54) is 12.1 Å². The van der Waals surface area contributed by atoms with E-state index in [1.807, 2.05) is 39.0 Å². The first kappa shape index (κ1) is 19.1. The lowest BCUT2D eigenvalue weighted by Gasteiger charge is -2.11. The maximum Gasteiger partial charge on any atom is 0.255 e. The maximum absolute atomic E-state index is 12.4. The molecule has 0 aromatic heterocycles. The number of carbonyl (C=O) groups excluding carboxylic acids is 1. The number of amides is 1. The molecule has 0 aliphatic rings. The van der Waals surface area contributed by atoms with Gasteiger partial charge in [0.2, 0.25) is 10.0 Å². The highest BCUT2D eigenvalue weighted by Crippen LogP contribution is 2.17. The molecule has 2 aromatic rings. The summed E-state index contributed by atoms with van der Waals surface area (Å²) >= 11 is 0. The predicted molar refractivity (Wildman–Crippen MR) is 100 cm³/mol. The van der Waals surface area contributed by atoms with E-state index in [1.54, 1.807) is 18.2 Å². The number of sulfonamides is 1. The predicted octanol–water partition coefficient (Wildman–Crippen LogP) is 3.57. The van der Waals surface area contributed by atoms with Gasteiger partial charge in [0.25, 0.3) is 5.91 Å². The van der Waals surface area contributed by atoms with Crippen LogP contribution in [0.5, 0.6) is 0 Å². The van der Waals surface area contributed by atoms with Crippen LogP contribution in [0, 0.1) is 12.8 Å². The van der Waals surface area contributed by atoms with Crippen molar-refractivity contribution in [2.24, 2.45) is 5.92 Å². The summed E-state index contributed by atoms with van der Waals surface area (Å²) in [6.07, 6.45) is 0.757. The first-order valence-electron chi connectivity index (χ1n) is 8.26. The average molecular weight is 360 g/mol. The van der Waals surface area contributed by atoms with Crippen LogP contribution in [0.3, 0.4) is 0 Å². The van der Waals surface area contributed by atoms with Gasteiger partial charge in [-0.15, -0.1) is 0 Å². The van der Waals surface area contributed by atoms with Crippen molar-refractivity contribution in [3.63, 3.8) is 0 Å². The van der Waals surface area contributed by atoms with Crippen LogP contribution in [0.15, 0.2) is 53.4 Å². The third kappa shape index (κ3) is 5.41. The Hall–Kier alpha value is -2.18. The van der Waals surface area contributed by atoms with Crippen LogP contribution in [0.2, 0.25) is 0 Å². The molecule has 5 nitrogen and oxygen atoms in total. The molecule has 0 saturated heterocycles. The molecule has 0 heterocycles. The van der Waals surface area contributed by atoms with Crippen LogP contribution in [0.25, 0.3) is 0 Å². The number of carbonyl (C=O) groups is 1. The smallest absolute Gasteiger partial charge is 0.255 e. The Bertz CT molecular complexity index is 845. The van der Waals surface area contributed by atoms with Crippen molar-refractivity contribution in [1.82, 2.24) is 4.72 Å². The molecule has 0 saturated carbocycles. The fourth-order valence-corrected chi connectivity index (χ4v) is 3.37. The third-order valence-electron chi connectivity index (χ3n) is 3.81. The van der Waals surface area contributed by atoms with Gasteiger partial charge in [0.1, 0.15) is 0 Å². The molecule has 2 aromatic carbocycles. The van der Waals surface area contributed by atoms with E-state index < -0.39 is 10.0 Å². The number of aryl methyl sites for hydroxylation is 1. The first-order valence-corrected chi connectivity index (χ1v) is 9.74. The lowest BCUT2D eigenvalue weighted by Crippen LogP contribution is -2.26. The van der Waals surface area contributed by atoms with E-state index in [0.717, 1.165) is 12.0 Å². The van der Waals surface area contributed by atoms with Crippen molar-refractivity contribution in [2.45, 2.75) is 32.1 Å². The summed E-state index contributed by atoms with van der Waals surface area (Å²) in [5.41, 5.74) is 1.95. The molecule has 0 radical (unpaired) electrons. The van der Waals surface area contributed by atoms with Crippen LogP contribution < -0.4 is 10.0 Å². The monoisotopic (exact) mass is 360 g/mol. The summed E-state index contributed by atoms with van der Waals surface area (Å²) in [5.74, 6) is 0.0717. The zero-order chi connectivity index (χ0) is 18.4. The van der Waals surface area contributed by atoms with Crippen molar-refractivity contribution in [3.05, 3.63) is 59.7 Å². The van der Waals surface area contributed by atoms with Gasteiger partial charge in [0, 0.05) is 17.8 Å². The number of rotatable bonds is 7. The molecule has 134 valence electrons. The van der Waals surface area contributed by atoms with Crippen LogP contribution in [0.1, 0.15) is 36.2 Å². The number of hydrogen-bond acceptors (Lipinski definition) is 3. The third-order valence-corrected chi connectivity index (χ3v) is 5.27. The van der Waals surface area contributed by atoms with Gasteiger partial charge >= 0.3 is 0 Å². The minimum Gasteiger partial charge on any atom is -0.322 e. The normalized spacial score (nSPS) is 11.5. The SMILES string of the molecule is Cc1ccccc1NC(=O)c1cccc(S(=O)(=O)NCCC(C)C)c1. The van der Waals surface area contributed by atoms with E-state index >= 15 is 0 Å². The van der Waals surface area contributed by atoms with Crippen LogP contribution >= 0.6 is 0 Å². The quantitative estimate of drug-likeness (QED) is 0.792. The lowest BCUT2D eigenvalue weighted by molar-refractivity contribution is 0.102. The first-order chi connectivity index (χ1) is 11.8. The number of anilines is 1. The second-order valence-electron chi connectivity index (χ2n) is 6.38. The Morgan fingerprint density at radius 1 is 1.08 bits per heavy atom. The molecular formula is C19H24N2O3S. The minimum atomic E-state index is -3.62. The maximum atomic E-state index is 12.4. The summed E-state index contributed by atoms with van der Waals surface area (Å²) in [6, 6.07) is 13.5. The van der Waals surface area contributed by atoms with E-state index in [9.17, 15) is 13.2 Å². The van der Waals surface area contributed by atoms with Gasteiger partial charge in [-0.05, 0) is 49.1 Å². The largest absolute Gasteiger partial charge is 0.322 e. The number of nitrogens with one attached hydrogen (secondary N) is 2. The average Bonchev–Trinajstić information content (AvgIpc) is 2.56. The molecule has 0 spiro atoms. The zero-order valence-electron chi connectivity index (χ0n) is 14.7. The minimum absolute atomic E-state index is 0.0914. The van der Waals surface area contributed by atoms with Crippen LogP contribution in [0.4, 0.5) is 5.69 Å². The van der Waals surface area contributed by atoms with Crippen molar-refractivity contribution in [1.29, 1.82) is 0 Å². The van der Waals surface area contributed by atoms with E-state index in [0.29, 0.717) is 23.7 Å². The Labute approximate surface area is 149 Å². The van der Waals surface area contributed by atoms with E-state index in [4.69, 9.17) is 0 Å². The fourth-order valence-electron chi connectivity index (χ4n) is 2.28. The number of hydrogen-bond donors (Lipinski definition) is 2. The van der Waals surface area contributed by atoms with Gasteiger partial charge < -0.3 is 5.32 Å². The molecule has 0 atom stereocenters. The molecule has 25 heavy (non-hydrogen) atoms. The summed E-state index contributed by atoms with van der Waals surface area (Å²) < 4.78 is 27.3. The molecule has 0 bridgehead atoms. The second-order valence-corrected chi connectivity index (χ2v) is 8.14. The number of benzene rings is 2. The highest BCUT2D eigenvalue weighted by molar-refractivity contribution is 7.89. The van der Waals surface area contributed by atoms with Gasteiger partial charge in [-0.25, -0.2) is 13.1 Å². The molecule has 0 unspecified atom stereocenters. The highest BCUT2D eigenvalue weighted by Gasteiger charge is 2.16. The Morgan fingerprint density at radius 3 is 2.48 bits per heavy atom. The van der Waals surface area contributed by atoms with Gasteiger partial charge in [-0.3, -0.25) is 4.79 Å². The topological polar surface area (TPSA) is 75.3 Å². The van der Waals surface area contributed by atoms with Crippen molar-refractivity contribution >= 4 is 21.6 Å². The van der Waals surface area contributed by atoms with Gasteiger partial charge in [0.15, 0.2) is 0 Å². The summed E-state index contributed by atoms with van der Waals surface area (Å²) in [6.45, 7) is 6.34. The van der Waals surface area contributed by atoms with Crippen molar-refractivity contribution < 1.29 is 13.2 Å². The summed E-state index contributed by atoms with van der Waals surface area (Å²) in [4.78, 5) is 12.5. The Morgan fingerprint density at radius 2 is 1.80 bits per heavy atom. The molecule has 2 rings (SSSR count).